The maximum atomic E-state index is 13.0. The second-order valence-electron chi connectivity index (χ2n) is 4.14. The molecule has 2 rings (SSSR count). The number of hydrogen-bond acceptors (Lipinski definition) is 3. The van der Waals surface area contributed by atoms with Crippen molar-refractivity contribution >= 4 is 23.2 Å². The van der Waals surface area contributed by atoms with Crippen molar-refractivity contribution in [1.29, 1.82) is 0 Å². The molecule has 0 heterocycles. The van der Waals surface area contributed by atoms with Gasteiger partial charge in [-0.05, 0) is 36.4 Å². The lowest BCUT2D eigenvalue weighted by atomic mass is 10.1. The monoisotopic (exact) mass is 309 g/mol. The minimum Gasteiger partial charge on any atom is -0.497 e. The molecule has 0 aliphatic heterocycles. The molecular formula is C15H13ClFNO3. The highest BCUT2D eigenvalue weighted by molar-refractivity contribution is 6.34. The van der Waals surface area contributed by atoms with Gasteiger partial charge in [0.25, 0.3) is 5.91 Å². The van der Waals surface area contributed by atoms with E-state index in [0.29, 0.717) is 17.2 Å². The zero-order chi connectivity index (χ0) is 15.4. The lowest BCUT2D eigenvalue weighted by molar-refractivity contribution is 0.102. The molecule has 0 saturated carbocycles. The topological polar surface area (TPSA) is 47.6 Å². The fourth-order valence-corrected chi connectivity index (χ4v) is 1.99. The number of anilines is 1. The first kappa shape index (κ1) is 15.1. The van der Waals surface area contributed by atoms with Crippen LogP contribution in [-0.4, -0.2) is 20.1 Å². The SMILES string of the molecule is COc1ccc(OC)c(C(=O)Nc2ccc(F)cc2Cl)c1. The van der Waals surface area contributed by atoms with Crippen molar-refractivity contribution in [1.82, 2.24) is 0 Å². The molecule has 4 nitrogen and oxygen atoms in total. The average molecular weight is 310 g/mol. The van der Waals surface area contributed by atoms with E-state index < -0.39 is 11.7 Å². The number of carbonyl (C=O) groups excluding carboxylic acids is 1. The first-order chi connectivity index (χ1) is 10.0. The Labute approximate surface area is 126 Å². The molecule has 0 bridgehead atoms. The minimum atomic E-state index is -0.475. The first-order valence-corrected chi connectivity index (χ1v) is 6.41. The number of hydrogen-bond donors (Lipinski definition) is 1. The van der Waals surface area contributed by atoms with Crippen molar-refractivity contribution in [2.24, 2.45) is 0 Å². The van der Waals surface area contributed by atoms with Crippen LogP contribution in [0, 0.1) is 5.82 Å². The molecule has 21 heavy (non-hydrogen) atoms. The highest BCUT2D eigenvalue weighted by atomic mass is 35.5. The molecule has 0 fully saturated rings. The standard InChI is InChI=1S/C15H13ClFNO3/c1-20-10-4-6-14(21-2)11(8-10)15(19)18-13-5-3-9(17)7-12(13)16/h3-8H,1-2H3,(H,18,19). The summed E-state index contributed by atoms with van der Waals surface area (Å²) in [5.41, 5.74) is 0.602. The van der Waals surface area contributed by atoms with E-state index in [9.17, 15) is 9.18 Å². The molecule has 6 heteroatoms. The number of halogens is 2. The van der Waals surface area contributed by atoms with Gasteiger partial charge in [-0.2, -0.15) is 0 Å². The summed E-state index contributed by atoms with van der Waals surface area (Å²) >= 11 is 5.88. The summed E-state index contributed by atoms with van der Waals surface area (Å²) in [5, 5.41) is 2.72. The number of nitrogens with one attached hydrogen (secondary N) is 1. The van der Waals surface area contributed by atoms with Gasteiger partial charge in [-0.1, -0.05) is 11.6 Å². The van der Waals surface area contributed by atoms with Gasteiger partial charge in [-0.15, -0.1) is 0 Å². The summed E-state index contributed by atoms with van der Waals surface area (Å²) in [5.74, 6) is 0.00825. The third kappa shape index (κ3) is 3.44. The van der Waals surface area contributed by atoms with Crippen LogP contribution in [0.5, 0.6) is 11.5 Å². The molecule has 110 valence electrons. The highest BCUT2D eigenvalue weighted by Gasteiger charge is 2.15. The molecule has 1 N–H and O–H groups in total. The molecule has 0 aliphatic rings. The summed E-state index contributed by atoms with van der Waals surface area (Å²) in [7, 11) is 2.96. The van der Waals surface area contributed by atoms with Gasteiger partial charge in [0.2, 0.25) is 0 Å². The Kier molecular flexibility index (Phi) is 4.65. The Balaban J connectivity index is 2.31. The predicted octanol–water partition coefficient (Wildman–Crippen LogP) is 3.75. The average Bonchev–Trinajstić information content (AvgIpc) is 2.49. The normalized spacial score (nSPS) is 10.1. The molecule has 0 radical (unpaired) electrons. The number of ether oxygens (including phenoxy) is 2. The lowest BCUT2D eigenvalue weighted by Gasteiger charge is -2.11. The van der Waals surface area contributed by atoms with Gasteiger partial charge in [-0.25, -0.2) is 4.39 Å². The van der Waals surface area contributed by atoms with E-state index in [2.05, 4.69) is 5.32 Å². The number of amides is 1. The quantitative estimate of drug-likeness (QED) is 0.935. The smallest absolute Gasteiger partial charge is 0.259 e. The van der Waals surface area contributed by atoms with Crippen molar-refractivity contribution in [3.63, 3.8) is 0 Å². The number of methoxy groups -OCH3 is 2. The molecule has 0 aliphatic carbocycles. The second kappa shape index (κ2) is 6.45. The zero-order valence-electron chi connectivity index (χ0n) is 11.4. The Morgan fingerprint density at radius 3 is 2.52 bits per heavy atom. The maximum absolute atomic E-state index is 13.0. The molecule has 0 spiro atoms. The van der Waals surface area contributed by atoms with E-state index in [1.54, 1.807) is 18.2 Å². The minimum absolute atomic E-state index is 0.116. The van der Waals surface area contributed by atoms with E-state index in [0.717, 1.165) is 6.07 Å². The molecule has 1 amide bonds. The van der Waals surface area contributed by atoms with E-state index in [1.165, 1.54) is 26.4 Å². The summed E-state index contributed by atoms with van der Waals surface area (Å²) in [4.78, 5) is 12.3. The van der Waals surface area contributed by atoms with Gasteiger partial charge in [0.05, 0.1) is 30.5 Å². The van der Waals surface area contributed by atoms with E-state index >= 15 is 0 Å². The van der Waals surface area contributed by atoms with Crippen LogP contribution >= 0.6 is 11.6 Å². The lowest BCUT2D eigenvalue weighted by Crippen LogP contribution is -2.13. The van der Waals surface area contributed by atoms with Gasteiger partial charge in [0, 0.05) is 0 Å². The van der Waals surface area contributed by atoms with E-state index in [4.69, 9.17) is 21.1 Å². The maximum Gasteiger partial charge on any atom is 0.259 e. The molecule has 2 aromatic rings. The fourth-order valence-electron chi connectivity index (χ4n) is 1.77. The molecule has 0 saturated heterocycles. The molecule has 0 aromatic heterocycles. The van der Waals surface area contributed by atoms with Gasteiger partial charge in [0.1, 0.15) is 17.3 Å². The Morgan fingerprint density at radius 2 is 1.90 bits per heavy atom. The summed E-state index contributed by atoms with van der Waals surface area (Å²) in [6, 6.07) is 8.58. The molecule has 2 aromatic carbocycles. The van der Waals surface area contributed by atoms with E-state index in [1.807, 2.05) is 0 Å². The van der Waals surface area contributed by atoms with E-state index in [-0.39, 0.29) is 10.6 Å². The van der Waals surface area contributed by atoms with Crippen molar-refractivity contribution in [3.05, 3.63) is 52.8 Å². The third-order valence-electron chi connectivity index (χ3n) is 2.83. The summed E-state index contributed by atoms with van der Waals surface area (Å²) < 4.78 is 23.2. The van der Waals surface area contributed by atoms with Crippen molar-refractivity contribution < 1.29 is 18.7 Å². The number of rotatable bonds is 4. The van der Waals surface area contributed by atoms with Crippen LogP contribution in [0.1, 0.15) is 10.4 Å². The van der Waals surface area contributed by atoms with Crippen LogP contribution in [0.15, 0.2) is 36.4 Å². The Morgan fingerprint density at radius 1 is 1.14 bits per heavy atom. The van der Waals surface area contributed by atoms with Crippen LogP contribution in [0.2, 0.25) is 5.02 Å². The number of carbonyl (C=O) groups is 1. The first-order valence-electron chi connectivity index (χ1n) is 6.03. The Hall–Kier alpha value is -2.27. The van der Waals surface area contributed by atoms with Gasteiger partial charge >= 0.3 is 0 Å². The molecular weight excluding hydrogens is 297 g/mol. The largest absolute Gasteiger partial charge is 0.497 e. The van der Waals surface area contributed by atoms with Crippen molar-refractivity contribution in [2.45, 2.75) is 0 Å². The second-order valence-corrected chi connectivity index (χ2v) is 4.55. The van der Waals surface area contributed by atoms with Gasteiger partial charge in [-0.3, -0.25) is 4.79 Å². The van der Waals surface area contributed by atoms with Crippen LogP contribution in [0.4, 0.5) is 10.1 Å². The van der Waals surface area contributed by atoms with Crippen LogP contribution in [0.3, 0.4) is 0 Å². The fraction of sp³-hybridized carbons (Fsp3) is 0.133. The van der Waals surface area contributed by atoms with Crippen molar-refractivity contribution in [3.8, 4) is 11.5 Å². The predicted molar refractivity (Wildman–Crippen MR) is 78.9 cm³/mol. The molecule has 0 unspecified atom stereocenters. The van der Waals surface area contributed by atoms with Crippen LogP contribution in [-0.2, 0) is 0 Å². The van der Waals surface area contributed by atoms with Crippen LogP contribution in [0.25, 0.3) is 0 Å². The Bertz CT molecular complexity index is 676. The third-order valence-corrected chi connectivity index (χ3v) is 3.14. The molecule has 0 atom stereocenters. The van der Waals surface area contributed by atoms with Gasteiger partial charge < -0.3 is 14.8 Å². The van der Waals surface area contributed by atoms with Crippen molar-refractivity contribution in [2.75, 3.05) is 19.5 Å². The zero-order valence-corrected chi connectivity index (χ0v) is 12.2. The highest BCUT2D eigenvalue weighted by Crippen LogP contribution is 2.27. The van der Waals surface area contributed by atoms with Crippen LogP contribution < -0.4 is 14.8 Å². The summed E-state index contributed by atoms with van der Waals surface area (Å²) in [6.07, 6.45) is 0. The summed E-state index contributed by atoms with van der Waals surface area (Å²) in [6.45, 7) is 0. The number of benzene rings is 2. The van der Waals surface area contributed by atoms with Gasteiger partial charge in [0.15, 0.2) is 0 Å².